The van der Waals surface area contributed by atoms with E-state index in [0.717, 1.165) is 0 Å². The Morgan fingerprint density at radius 3 is 2.41 bits per heavy atom. The van der Waals surface area contributed by atoms with Crippen molar-refractivity contribution in [2.45, 2.75) is 26.9 Å². The molecule has 0 radical (unpaired) electrons. The number of rotatable bonds is 7. The van der Waals surface area contributed by atoms with E-state index in [-0.39, 0.29) is 19.3 Å². The molecule has 6 nitrogen and oxygen atoms in total. The number of ether oxygens (including phenoxy) is 3. The van der Waals surface area contributed by atoms with Crippen molar-refractivity contribution in [2.24, 2.45) is 0 Å². The van der Waals surface area contributed by atoms with Gasteiger partial charge in [0.15, 0.2) is 0 Å². The molecule has 0 aliphatic carbocycles. The highest BCUT2D eigenvalue weighted by Gasteiger charge is 2.19. The molecule has 0 heterocycles. The van der Waals surface area contributed by atoms with Crippen LogP contribution in [0.5, 0.6) is 0 Å². The third kappa shape index (κ3) is 7.57. The zero-order chi connectivity index (χ0) is 13.3. The molecule has 0 saturated carbocycles. The van der Waals surface area contributed by atoms with Crippen LogP contribution >= 0.6 is 0 Å². The maximum atomic E-state index is 11.6. The van der Waals surface area contributed by atoms with Gasteiger partial charge in [-0.15, -0.1) is 0 Å². The van der Waals surface area contributed by atoms with Crippen LogP contribution in [-0.4, -0.2) is 56.5 Å². The minimum absolute atomic E-state index is 0.122. The summed E-state index contributed by atoms with van der Waals surface area (Å²) in [6.45, 7) is 6.00. The number of amides is 1. The summed E-state index contributed by atoms with van der Waals surface area (Å²) < 4.78 is 14.7. The summed E-state index contributed by atoms with van der Waals surface area (Å²) in [6, 6.07) is 0. The van der Waals surface area contributed by atoms with Gasteiger partial charge in [-0.3, -0.25) is 9.69 Å². The van der Waals surface area contributed by atoms with E-state index in [2.05, 4.69) is 0 Å². The van der Waals surface area contributed by atoms with Crippen molar-refractivity contribution in [1.29, 1.82) is 0 Å². The molecule has 1 amide bonds. The van der Waals surface area contributed by atoms with E-state index in [1.807, 2.05) is 0 Å². The van der Waals surface area contributed by atoms with E-state index in [9.17, 15) is 9.59 Å². The van der Waals surface area contributed by atoms with E-state index in [0.29, 0.717) is 13.2 Å². The minimum Gasteiger partial charge on any atom is -0.465 e. The fourth-order valence-electron chi connectivity index (χ4n) is 1.08. The fourth-order valence-corrected chi connectivity index (χ4v) is 1.08. The SMILES string of the molecule is CCOC(=O)CN(CCOC)C(=O)OC(C)C. The Kier molecular flexibility index (Phi) is 8.13. The van der Waals surface area contributed by atoms with Crippen LogP contribution in [-0.2, 0) is 19.0 Å². The average molecular weight is 247 g/mol. The molecule has 0 aromatic heterocycles. The van der Waals surface area contributed by atoms with E-state index in [1.165, 1.54) is 12.0 Å². The average Bonchev–Trinajstić information content (AvgIpc) is 2.23. The summed E-state index contributed by atoms with van der Waals surface area (Å²) in [6.07, 6.45) is -0.764. The first-order chi connectivity index (χ1) is 8.01. The Balaban J connectivity index is 4.30. The first-order valence-corrected chi connectivity index (χ1v) is 5.61. The molecule has 100 valence electrons. The van der Waals surface area contributed by atoms with Crippen molar-refractivity contribution >= 4 is 12.1 Å². The zero-order valence-corrected chi connectivity index (χ0v) is 10.9. The van der Waals surface area contributed by atoms with Gasteiger partial charge in [0.05, 0.1) is 19.3 Å². The summed E-state index contributed by atoms with van der Waals surface area (Å²) in [5.74, 6) is -0.454. The van der Waals surface area contributed by atoms with E-state index in [1.54, 1.807) is 20.8 Å². The summed E-state index contributed by atoms with van der Waals surface area (Å²) >= 11 is 0. The second-order valence-electron chi connectivity index (χ2n) is 3.65. The van der Waals surface area contributed by atoms with Crippen molar-refractivity contribution in [3.05, 3.63) is 0 Å². The van der Waals surface area contributed by atoms with Gasteiger partial charge in [-0.05, 0) is 20.8 Å². The molecule has 0 aromatic carbocycles. The molecule has 0 rings (SSSR count). The number of nitrogens with zero attached hydrogens (tertiary/aromatic N) is 1. The number of hydrogen-bond donors (Lipinski definition) is 0. The standard InChI is InChI=1S/C11H21NO5/c1-5-16-10(13)8-12(6-7-15-4)11(14)17-9(2)3/h9H,5-8H2,1-4H3. The lowest BCUT2D eigenvalue weighted by molar-refractivity contribution is -0.144. The van der Waals surface area contributed by atoms with Crippen molar-refractivity contribution < 1.29 is 23.8 Å². The van der Waals surface area contributed by atoms with Crippen molar-refractivity contribution in [3.63, 3.8) is 0 Å². The summed E-state index contributed by atoms with van der Waals surface area (Å²) in [5, 5.41) is 0. The fraction of sp³-hybridized carbons (Fsp3) is 0.818. The van der Waals surface area contributed by atoms with Gasteiger partial charge in [0.25, 0.3) is 0 Å². The maximum absolute atomic E-state index is 11.6. The number of hydrogen-bond acceptors (Lipinski definition) is 5. The lowest BCUT2D eigenvalue weighted by Crippen LogP contribution is -2.39. The maximum Gasteiger partial charge on any atom is 0.410 e. The minimum atomic E-state index is -0.537. The zero-order valence-electron chi connectivity index (χ0n) is 10.9. The van der Waals surface area contributed by atoms with Gasteiger partial charge in [0.1, 0.15) is 6.54 Å². The van der Waals surface area contributed by atoms with Crippen LogP contribution in [0.3, 0.4) is 0 Å². The second-order valence-corrected chi connectivity index (χ2v) is 3.65. The smallest absolute Gasteiger partial charge is 0.410 e. The Morgan fingerprint density at radius 2 is 1.94 bits per heavy atom. The molecule has 0 bridgehead atoms. The second kappa shape index (κ2) is 8.81. The quantitative estimate of drug-likeness (QED) is 0.629. The molecule has 0 saturated heterocycles. The van der Waals surface area contributed by atoms with Crippen LogP contribution in [0.1, 0.15) is 20.8 Å². The largest absolute Gasteiger partial charge is 0.465 e. The number of carbonyl (C=O) groups is 2. The summed E-state index contributed by atoms with van der Waals surface area (Å²) in [5.41, 5.74) is 0. The molecule has 0 aliphatic rings. The van der Waals surface area contributed by atoms with Crippen molar-refractivity contribution in [3.8, 4) is 0 Å². The van der Waals surface area contributed by atoms with Gasteiger partial charge in [-0.1, -0.05) is 0 Å². The molecular formula is C11H21NO5. The van der Waals surface area contributed by atoms with Gasteiger partial charge in [-0.25, -0.2) is 4.79 Å². The van der Waals surface area contributed by atoms with Gasteiger partial charge in [0.2, 0.25) is 0 Å². The Morgan fingerprint density at radius 1 is 1.29 bits per heavy atom. The van der Waals surface area contributed by atoms with Gasteiger partial charge in [-0.2, -0.15) is 0 Å². The van der Waals surface area contributed by atoms with Gasteiger partial charge < -0.3 is 14.2 Å². The topological polar surface area (TPSA) is 65.1 Å². The highest BCUT2D eigenvalue weighted by Crippen LogP contribution is 1.99. The molecule has 0 unspecified atom stereocenters. The Bertz CT molecular complexity index is 242. The summed E-state index contributed by atoms with van der Waals surface area (Å²) in [7, 11) is 1.52. The van der Waals surface area contributed by atoms with Gasteiger partial charge in [0, 0.05) is 13.7 Å². The monoisotopic (exact) mass is 247 g/mol. The van der Waals surface area contributed by atoms with E-state index < -0.39 is 12.1 Å². The predicted molar refractivity (Wildman–Crippen MR) is 61.7 cm³/mol. The van der Waals surface area contributed by atoms with Crippen LogP contribution in [0.4, 0.5) is 4.79 Å². The first-order valence-electron chi connectivity index (χ1n) is 5.61. The van der Waals surface area contributed by atoms with Crippen LogP contribution < -0.4 is 0 Å². The highest BCUT2D eigenvalue weighted by atomic mass is 16.6. The highest BCUT2D eigenvalue weighted by molar-refractivity contribution is 5.78. The van der Waals surface area contributed by atoms with Crippen LogP contribution in [0, 0.1) is 0 Å². The molecule has 0 aromatic rings. The van der Waals surface area contributed by atoms with Crippen LogP contribution in [0.15, 0.2) is 0 Å². The third-order valence-electron chi connectivity index (χ3n) is 1.79. The number of methoxy groups -OCH3 is 1. The van der Waals surface area contributed by atoms with Gasteiger partial charge >= 0.3 is 12.1 Å². The lowest BCUT2D eigenvalue weighted by Gasteiger charge is -2.21. The molecule has 0 N–H and O–H groups in total. The molecule has 17 heavy (non-hydrogen) atoms. The normalized spacial score (nSPS) is 10.2. The van der Waals surface area contributed by atoms with Crippen molar-refractivity contribution in [1.82, 2.24) is 4.90 Å². The number of carbonyl (C=O) groups excluding carboxylic acids is 2. The molecule has 0 atom stereocenters. The van der Waals surface area contributed by atoms with Crippen LogP contribution in [0.25, 0.3) is 0 Å². The molecule has 0 spiro atoms. The summed E-state index contributed by atoms with van der Waals surface area (Å²) in [4.78, 5) is 24.2. The third-order valence-corrected chi connectivity index (χ3v) is 1.79. The predicted octanol–water partition coefficient (Wildman–Crippen LogP) is 1.04. The lowest BCUT2D eigenvalue weighted by atomic mass is 10.5. The molecule has 6 heteroatoms. The Hall–Kier alpha value is -1.30. The van der Waals surface area contributed by atoms with Crippen molar-refractivity contribution in [2.75, 3.05) is 33.4 Å². The van der Waals surface area contributed by atoms with E-state index in [4.69, 9.17) is 14.2 Å². The molecule has 0 fully saturated rings. The van der Waals surface area contributed by atoms with Crippen LogP contribution in [0.2, 0.25) is 0 Å². The molecule has 0 aliphatic heterocycles. The molecular weight excluding hydrogens is 226 g/mol. The number of esters is 1. The first kappa shape index (κ1) is 15.7. The Labute approximate surface area is 102 Å². The van der Waals surface area contributed by atoms with E-state index >= 15 is 0 Å².